The number of nitro groups is 1. The number of nitrogens with zero attached hydrogens (tertiary/aromatic N) is 5. The summed E-state index contributed by atoms with van der Waals surface area (Å²) in [5.74, 6) is 1.62. The molecule has 3 heterocycles. The maximum absolute atomic E-state index is 10.7. The molecular weight excluding hydrogens is 326 g/mol. The first-order chi connectivity index (χ1) is 12.2. The Balaban J connectivity index is 1.28. The van der Waals surface area contributed by atoms with E-state index in [2.05, 4.69) is 21.0 Å². The van der Waals surface area contributed by atoms with Gasteiger partial charge in [-0.1, -0.05) is 6.07 Å². The van der Waals surface area contributed by atoms with Crippen LogP contribution in [0.4, 0.5) is 5.69 Å². The average molecular weight is 345 g/mol. The van der Waals surface area contributed by atoms with E-state index in [9.17, 15) is 10.1 Å². The van der Waals surface area contributed by atoms with Gasteiger partial charge in [0.2, 0.25) is 6.79 Å². The van der Waals surface area contributed by atoms with Gasteiger partial charge in [-0.3, -0.25) is 24.6 Å². The first-order valence-electron chi connectivity index (χ1n) is 8.17. The van der Waals surface area contributed by atoms with E-state index in [1.54, 1.807) is 4.68 Å². The van der Waals surface area contributed by atoms with Crippen LogP contribution in [0, 0.1) is 10.1 Å². The van der Waals surface area contributed by atoms with Crippen LogP contribution >= 0.6 is 0 Å². The second kappa shape index (κ2) is 6.69. The van der Waals surface area contributed by atoms with Gasteiger partial charge in [-0.2, -0.15) is 5.10 Å². The molecule has 9 nitrogen and oxygen atoms in total. The third-order valence-electron chi connectivity index (χ3n) is 4.48. The van der Waals surface area contributed by atoms with Gasteiger partial charge >= 0.3 is 5.69 Å². The van der Waals surface area contributed by atoms with Gasteiger partial charge in [0.15, 0.2) is 11.5 Å². The summed E-state index contributed by atoms with van der Waals surface area (Å²) in [6.07, 6.45) is 2.76. The van der Waals surface area contributed by atoms with Crippen molar-refractivity contribution in [1.29, 1.82) is 0 Å². The Labute approximate surface area is 144 Å². The molecule has 0 amide bonds. The highest BCUT2D eigenvalue weighted by Crippen LogP contribution is 2.32. The highest BCUT2D eigenvalue weighted by Gasteiger charge is 2.20. The topological polar surface area (TPSA) is 85.9 Å². The van der Waals surface area contributed by atoms with Gasteiger partial charge in [0.1, 0.15) is 12.4 Å². The zero-order valence-electron chi connectivity index (χ0n) is 13.7. The van der Waals surface area contributed by atoms with Crippen molar-refractivity contribution in [3.05, 3.63) is 46.3 Å². The molecule has 0 atom stereocenters. The summed E-state index contributed by atoms with van der Waals surface area (Å²) >= 11 is 0. The second-order valence-corrected chi connectivity index (χ2v) is 6.22. The molecule has 0 bridgehead atoms. The molecule has 132 valence electrons. The standard InChI is InChI=1S/C16H19N5O4/c22-21(23)14-8-17-20(10-14)11-19-5-3-18(4-6-19)9-13-1-2-15-16(7-13)25-12-24-15/h1-2,7-8,10H,3-6,9,11-12H2. The Bertz CT molecular complexity index is 770. The number of rotatable bonds is 5. The second-order valence-electron chi connectivity index (χ2n) is 6.22. The number of ether oxygens (including phenoxy) is 2. The lowest BCUT2D eigenvalue weighted by Gasteiger charge is -2.34. The molecule has 0 aliphatic carbocycles. The van der Waals surface area contributed by atoms with E-state index in [-0.39, 0.29) is 5.69 Å². The molecule has 25 heavy (non-hydrogen) atoms. The smallest absolute Gasteiger partial charge is 0.307 e. The summed E-state index contributed by atoms with van der Waals surface area (Å²) < 4.78 is 12.4. The molecule has 2 aliphatic heterocycles. The van der Waals surface area contributed by atoms with Crippen molar-refractivity contribution in [1.82, 2.24) is 19.6 Å². The van der Waals surface area contributed by atoms with Crippen LogP contribution in [0.3, 0.4) is 0 Å². The predicted molar refractivity (Wildman–Crippen MR) is 88.3 cm³/mol. The Morgan fingerprint density at radius 3 is 2.64 bits per heavy atom. The molecule has 9 heteroatoms. The molecule has 0 N–H and O–H groups in total. The van der Waals surface area contributed by atoms with Gasteiger partial charge in [-0.25, -0.2) is 0 Å². The molecule has 0 unspecified atom stereocenters. The third-order valence-corrected chi connectivity index (χ3v) is 4.48. The Kier molecular flexibility index (Phi) is 4.24. The number of hydrogen-bond donors (Lipinski definition) is 0. The van der Waals surface area contributed by atoms with E-state index in [0.29, 0.717) is 13.5 Å². The minimum Gasteiger partial charge on any atom is -0.454 e. The van der Waals surface area contributed by atoms with Crippen molar-refractivity contribution in [3.8, 4) is 11.5 Å². The van der Waals surface area contributed by atoms with E-state index in [4.69, 9.17) is 9.47 Å². The fraction of sp³-hybridized carbons (Fsp3) is 0.438. The van der Waals surface area contributed by atoms with Crippen LogP contribution in [0.15, 0.2) is 30.6 Å². The molecule has 0 radical (unpaired) electrons. The molecule has 4 rings (SSSR count). The van der Waals surface area contributed by atoms with Gasteiger partial charge in [0, 0.05) is 32.7 Å². The van der Waals surface area contributed by atoms with E-state index >= 15 is 0 Å². The molecule has 1 fully saturated rings. The molecule has 1 aromatic heterocycles. The molecular formula is C16H19N5O4. The van der Waals surface area contributed by atoms with Crippen molar-refractivity contribution in [2.45, 2.75) is 13.2 Å². The molecule has 2 aromatic rings. The molecule has 2 aliphatic rings. The van der Waals surface area contributed by atoms with Gasteiger partial charge in [0.25, 0.3) is 0 Å². The van der Waals surface area contributed by atoms with Crippen molar-refractivity contribution in [2.24, 2.45) is 0 Å². The first kappa shape index (κ1) is 15.9. The number of hydrogen-bond acceptors (Lipinski definition) is 7. The van der Waals surface area contributed by atoms with Crippen molar-refractivity contribution < 1.29 is 14.4 Å². The normalized spacial score (nSPS) is 17.8. The summed E-state index contributed by atoms with van der Waals surface area (Å²) in [7, 11) is 0. The highest BCUT2D eigenvalue weighted by molar-refractivity contribution is 5.44. The lowest BCUT2D eigenvalue weighted by molar-refractivity contribution is -0.385. The number of fused-ring (bicyclic) bond motifs is 1. The number of benzene rings is 1. The van der Waals surface area contributed by atoms with Crippen LogP contribution in [-0.4, -0.2) is 57.5 Å². The minimum absolute atomic E-state index is 0.0291. The van der Waals surface area contributed by atoms with E-state index in [1.165, 1.54) is 18.0 Å². The zero-order valence-corrected chi connectivity index (χ0v) is 13.7. The number of aromatic nitrogens is 2. The number of piperazine rings is 1. The molecule has 1 saturated heterocycles. The highest BCUT2D eigenvalue weighted by atomic mass is 16.7. The Morgan fingerprint density at radius 1 is 1.12 bits per heavy atom. The summed E-state index contributed by atoms with van der Waals surface area (Å²) in [6.45, 7) is 5.43. The van der Waals surface area contributed by atoms with Crippen LogP contribution < -0.4 is 9.47 Å². The van der Waals surface area contributed by atoms with Crippen LogP contribution in [0.1, 0.15) is 5.56 Å². The third kappa shape index (κ3) is 3.57. The predicted octanol–water partition coefficient (Wildman–Crippen LogP) is 1.30. The van der Waals surface area contributed by atoms with E-state index in [0.717, 1.165) is 44.2 Å². The zero-order chi connectivity index (χ0) is 17.2. The SMILES string of the molecule is O=[N+]([O-])c1cnn(CN2CCN(Cc3ccc4c(c3)OCO4)CC2)c1. The monoisotopic (exact) mass is 345 g/mol. The fourth-order valence-corrected chi connectivity index (χ4v) is 3.12. The van der Waals surface area contributed by atoms with Gasteiger partial charge < -0.3 is 9.47 Å². The summed E-state index contributed by atoms with van der Waals surface area (Å²) in [5, 5.41) is 14.8. The quantitative estimate of drug-likeness (QED) is 0.596. The fourth-order valence-electron chi connectivity index (χ4n) is 3.12. The molecule has 0 saturated carbocycles. The Hall–Kier alpha value is -2.65. The van der Waals surface area contributed by atoms with Crippen LogP contribution in [0.5, 0.6) is 11.5 Å². The van der Waals surface area contributed by atoms with Gasteiger partial charge in [-0.05, 0) is 17.7 Å². The largest absolute Gasteiger partial charge is 0.454 e. The van der Waals surface area contributed by atoms with E-state index < -0.39 is 4.92 Å². The average Bonchev–Trinajstić information content (AvgIpc) is 3.25. The van der Waals surface area contributed by atoms with Crippen LogP contribution in [0.2, 0.25) is 0 Å². The first-order valence-corrected chi connectivity index (χ1v) is 8.17. The van der Waals surface area contributed by atoms with Crippen molar-refractivity contribution >= 4 is 5.69 Å². The van der Waals surface area contributed by atoms with Crippen molar-refractivity contribution in [2.75, 3.05) is 33.0 Å². The van der Waals surface area contributed by atoms with Crippen LogP contribution in [-0.2, 0) is 13.2 Å². The Morgan fingerprint density at radius 2 is 1.88 bits per heavy atom. The van der Waals surface area contributed by atoms with Crippen LogP contribution in [0.25, 0.3) is 0 Å². The molecule has 0 spiro atoms. The van der Waals surface area contributed by atoms with E-state index in [1.807, 2.05) is 12.1 Å². The lowest BCUT2D eigenvalue weighted by Crippen LogP contribution is -2.46. The minimum atomic E-state index is -0.424. The van der Waals surface area contributed by atoms with Gasteiger partial charge in [-0.15, -0.1) is 0 Å². The van der Waals surface area contributed by atoms with Gasteiger partial charge in [0.05, 0.1) is 11.6 Å². The molecule has 1 aromatic carbocycles. The van der Waals surface area contributed by atoms with Crippen molar-refractivity contribution in [3.63, 3.8) is 0 Å². The maximum atomic E-state index is 10.7. The maximum Gasteiger partial charge on any atom is 0.307 e. The lowest BCUT2D eigenvalue weighted by atomic mass is 10.1. The summed E-state index contributed by atoms with van der Waals surface area (Å²) in [4.78, 5) is 14.9. The summed E-state index contributed by atoms with van der Waals surface area (Å²) in [6, 6.07) is 6.07. The summed E-state index contributed by atoms with van der Waals surface area (Å²) in [5.41, 5.74) is 1.24.